The molecule has 0 spiro atoms. The van der Waals surface area contributed by atoms with Crippen molar-refractivity contribution in [3.63, 3.8) is 0 Å². The number of benzene rings is 1. The number of likely N-dealkylation sites (tertiary alicyclic amines) is 1. The molecule has 2 heteroatoms. The summed E-state index contributed by atoms with van der Waals surface area (Å²) >= 11 is 0. The fourth-order valence-corrected chi connectivity index (χ4v) is 3.57. The number of hydrogen-bond acceptors (Lipinski definition) is 2. The number of hydrogen-bond donors (Lipinski definition) is 1. The molecule has 2 unspecified atom stereocenters. The van der Waals surface area contributed by atoms with Gasteiger partial charge in [0, 0.05) is 12.6 Å². The Morgan fingerprint density at radius 1 is 1.21 bits per heavy atom. The Labute approximate surface area is 117 Å². The summed E-state index contributed by atoms with van der Waals surface area (Å²) in [5.74, 6) is 0.872. The summed E-state index contributed by atoms with van der Waals surface area (Å²) in [5.41, 5.74) is 3.13. The lowest BCUT2D eigenvalue weighted by molar-refractivity contribution is 0.331. The minimum Gasteiger partial charge on any atom is -0.313 e. The normalized spacial score (nSPS) is 27.4. The quantitative estimate of drug-likeness (QED) is 0.892. The highest BCUT2D eigenvalue weighted by atomic mass is 15.1. The second kappa shape index (κ2) is 6.06. The summed E-state index contributed by atoms with van der Waals surface area (Å²) in [4.78, 5) is 2.57. The number of rotatable bonds is 4. The van der Waals surface area contributed by atoms with E-state index in [1.165, 1.54) is 51.9 Å². The van der Waals surface area contributed by atoms with E-state index in [-0.39, 0.29) is 0 Å². The molecule has 2 nitrogen and oxygen atoms in total. The van der Waals surface area contributed by atoms with Gasteiger partial charge in [0.05, 0.1) is 0 Å². The van der Waals surface area contributed by atoms with Crippen LogP contribution >= 0.6 is 0 Å². The Morgan fingerprint density at radius 3 is 2.84 bits per heavy atom. The van der Waals surface area contributed by atoms with E-state index >= 15 is 0 Å². The van der Waals surface area contributed by atoms with E-state index in [9.17, 15) is 0 Å². The second-order valence-corrected chi connectivity index (χ2v) is 6.16. The van der Waals surface area contributed by atoms with Crippen LogP contribution in [-0.2, 0) is 12.8 Å². The van der Waals surface area contributed by atoms with Crippen LogP contribution in [0, 0.1) is 5.92 Å². The molecule has 1 fully saturated rings. The molecular formula is C17H26N2. The molecule has 2 atom stereocenters. The molecule has 2 aliphatic rings. The molecule has 0 radical (unpaired) electrons. The van der Waals surface area contributed by atoms with Gasteiger partial charge in [0.15, 0.2) is 0 Å². The highest BCUT2D eigenvalue weighted by molar-refractivity contribution is 5.30. The second-order valence-electron chi connectivity index (χ2n) is 6.16. The highest BCUT2D eigenvalue weighted by Gasteiger charge is 2.23. The maximum atomic E-state index is 3.82. The predicted octanol–water partition coefficient (Wildman–Crippen LogP) is 2.48. The monoisotopic (exact) mass is 258 g/mol. The largest absolute Gasteiger partial charge is 0.313 e. The lowest BCUT2D eigenvalue weighted by Gasteiger charge is -2.26. The standard InChI is InChI=1S/C17H26N2/c1-2-19-10-9-14(13-19)12-18-17-8-7-15-5-3-4-6-16(15)11-17/h3-6,14,17-18H,2,7-13H2,1H3. The summed E-state index contributed by atoms with van der Waals surface area (Å²) in [5, 5.41) is 3.82. The van der Waals surface area contributed by atoms with Crippen molar-refractivity contribution >= 4 is 0 Å². The average Bonchev–Trinajstić information content (AvgIpc) is 2.93. The summed E-state index contributed by atoms with van der Waals surface area (Å²) in [6.45, 7) is 7.30. The van der Waals surface area contributed by atoms with Crippen molar-refractivity contribution in [3.8, 4) is 0 Å². The lowest BCUT2D eigenvalue weighted by Crippen LogP contribution is -2.38. The molecular weight excluding hydrogens is 232 g/mol. The first kappa shape index (κ1) is 13.1. The van der Waals surface area contributed by atoms with Crippen LogP contribution in [0.25, 0.3) is 0 Å². The first-order chi connectivity index (χ1) is 9.35. The van der Waals surface area contributed by atoms with Crippen molar-refractivity contribution in [2.24, 2.45) is 5.92 Å². The van der Waals surface area contributed by atoms with Gasteiger partial charge in [0.1, 0.15) is 0 Å². The third-order valence-corrected chi connectivity index (χ3v) is 4.86. The topological polar surface area (TPSA) is 15.3 Å². The molecule has 3 rings (SSSR count). The van der Waals surface area contributed by atoms with Crippen LogP contribution in [0.2, 0.25) is 0 Å². The van der Waals surface area contributed by atoms with E-state index in [1.54, 1.807) is 11.1 Å². The van der Waals surface area contributed by atoms with Gasteiger partial charge in [-0.15, -0.1) is 0 Å². The van der Waals surface area contributed by atoms with Crippen molar-refractivity contribution in [1.29, 1.82) is 0 Å². The van der Waals surface area contributed by atoms with Crippen molar-refractivity contribution in [3.05, 3.63) is 35.4 Å². The molecule has 0 bridgehead atoms. The minimum absolute atomic E-state index is 0.700. The van der Waals surface area contributed by atoms with E-state index < -0.39 is 0 Å². The van der Waals surface area contributed by atoms with E-state index in [0.29, 0.717) is 6.04 Å². The zero-order valence-corrected chi connectivity index (χ0v) is 12.1. The molecule has 1 saturated heterocycles. The summed E-state index contributed by atoms with van der Waals surface area (Å²) in [7, 11) is 0. The number of aryl methyl sites for hydroxylation is 1. The molecule has 1 N–H and O–H groups in total. The van der Waals surface area contributed by atoms with Crippen LogP contribution in [0.5, 0.6) is 0 Å². The molecule has 1 aliphatic carbocycles. The average molecular weight is 258 g/mol. The van der Waals surface area contributed by atoms with Gasteiger partial charge >= 0.3 is 0 Å². The summed E-state index contributed by atoms with van der Waals surface area (Å²) < 4.78 is 0. The molecule has 104 valence electrons. The van der Waals surface area contributed by atoms with Gasteiger partial charge in [0.25, 0.3) is 0 Å². The first-order valence-electron chi connectivity index (χ1n) is 7.87. The Kier molecular flexibility index (Phi) is 4.19. The molecule has 0 saturated carbocycles. The highest BCUT2D eigenvalue weighted by Crippen LogP contribution is 2.22. The SMILES string of the molecule is CCN1CCC(CNC2CCc3ccccc3C2)C1. The Bertz CT molecular complexity index is 415. The van der Waals surface area contributed by atoms with Crippen molar-refractivity contribution in [2.75, 3.05) is 26.2 Å². The van der Waals surface area contributed by atoms with Crippen LogP contribution in [0.3, 0.4) is 0 Å². The predicted molar refractivity (Wildman–Crippen MR) is 80.5 cm³/mol. The van der Waals surface area contributed by atoms with Crippen molar-refractivity contribution < 1.29 is 0 Å². The van der Waals surface area contributed by atoms with Crippen LogP contribution in [0.4, 0.5) is 0 Å². The van der Waals surface area contributed by atoms with E-state index in [2.05, 4.69) is 41.4 Å². The van der Waals surface area contributed by atoms with Gasteiger partial charge in [-0.1, -0.05) is 31.2 Å². The van der Waals surface area contributed by atoms with Crippen LogP contribution < -0.4 is 5.32 Å². The van der Waals surface area contributed by atoms with Gasteiger partial charge in [-0.05, 0) is 62.4 Å². The third-order valence-electron chi connectivity index (χ3n) is 4.86. The molecule has 19 heavy (non-hydrogen) atoms. The summed E-state index contributed by atoms with van der Waals surface area (Å²) in [6, 6.07) is 9.65. The maximum absolute atomic E-state index is 3.82. The zero-order chi connectivity index (χ0) is 13.1. The van der Waals surface area contributed by atoms with Gasteiger partial charge in [-0.2, -0.15) is 0 Å². The molecule has 1 aliphatic heterocycles. The molecule has 1 heterocycles. The fraction of sp³-hybridized carbons (Fsp3) is 0.647. The van der Waals surface area contributed by atoms with Crippen molar-refractivity contribution in [2.45, 2.75) is 38.6 Å². The summed E-state index contributed by atoms with van der Waals surface area (Å²) in [6.07, 6.45) is 5.16. The Balaban J connectivity index is 1.47. The number of fused-ring (bicyclic) bond motifs is 1. The smallest absolute Gasteiger partial charge is 0.0111 e. The third kappa shape index (κ3) is 3.18. The van der Waals surface area contributed by atoms with Crippen LogP contribution in [-0.4, -0.2) is 37.1 Å². The minimum atomic E-state index is 0.700. The van der Waals surface area contributed by atoms with E-state index in [0.717, 1.165) is 5.92 Å². The van der Waals surface area contributed by atoms with Gasteiger partial charge < -0.3 is 10.2 Å². The molecule has 1 aromatic carbocycles. The van der Waals surface area contributed by atoms with Crippen LogP contribution in [0.15, 0.2) is 24.3 Å². The molecule has 0 aromatic heterocycles. The lowest BCUT2D eigenvalue weighted by atomic mass is 9.88. The number of nitrogens with zero attached hydrogens (tertiary/aromatic N) is 1. The van der Waals surface area contributed by atoms with Gasteiger partial charge in [0.2, 0.25) is 0 Å². The number of nitrogens with one attached hydrogen (secondary N) is 1. The van der Waals surface area contributed by atoms with Gasteiger partial charge in [-0.25, -0.2) is 0 Å². The van der Waals surface area contributed by atoms with E-state index in [1.807, 2.05) is 0 Å². The Morgan fingerprint density at radius 2 is 2.05 bits per heavy atom. The first-order valence-corrected chi connectivity index (χ1v) is 7.87. The molecule has 1 aromatic rings. The zero-order valence-electron chi connectivity index (χ0n) is 12.1. The van der Waals surface area contributed by atoms with Crippen molar-refractivity contribution in [1.82, 2.24) is 10.2 Å². The van der Waals surface area contributed by atoms with Gasteiger partial charge in [-0.3, -0.25) is 0 Å². The maximum Gasteiger partial charge on any atom is 0.0111 e. The molecule has 0 amide bonds. The van der Waals surface area contributed by atoms with E-state index in [4.69, 9.17) is 0 Å². The van der Waals surface area contributed by atoms with Crippen LogP contribution in [0.1, 0.15) is 30.9 Å². The Hall–Kier alpha value is -0.860. The fourth-order valence-electron chi connectivity index (χ4n) is 3.57.